The third kappa shape index (κ3) is 6.15. The highest BCUT2D eigenvalue weighted by atomic mass is 19.2. The molecule has 0 radical (unpaired) electrons. The predicted octanol–water partition coefficient (Wildman–Crippen LogP) is 4.19. The Hall–Kier alpha value is -2.25. The molecule has 0 bridgehead atoms. The molecule has 0 atom stereocenters. The summed E-state index contributed by atoms with van der Waals surface area (Å²) in [6.45, 7) is 1.93. The zero-order valence-electron chi connectivity index (χ0n) is 15.5. The van der Waals surface area contributed by atoms with Crippen LogP contribution in [0.15, 0.2) is 12.1 Å². The van der Waals surface area contributed by atoms with Gasteiger partial charge in [-0.05, 0) is 31.4 Å². The van der Waals surface area contributed by atoms with E-state index in [1.807, 2.05) is 6.92 Å². The molecule has 0 spiro atoms. The molecule has 1 saturated carbocycles. The van der Waals surface area contributed by atoms with Crippen LogP contribution < -0.4 is 10.6 Å². The lowest BCUT2D eigenvalue weighted by atomic mass is 10.1. The van der Waals surface area contributed by atoms with Crippen molar-refractivity contribution in [1.29, 1.82) is 0 Å². The number of benzene rings is 1. The molecule has 0 saturated heterocycles. The van der Waals surface area contributed by atoms with Crippen molar-refractivity contribution in [2.75, 3.05) is 18.4 Å². The van der Waals surface area contributed by atoms with Crippen LogP contribution in [0.1, 0.15) is 51.9 Å². The standard InChI is InChI=1S/C19H26F3N3O2/c1-2-11-25(19(27)23-13-7-5-3-4-6-8-13)12-16(26)24-15-10-9-14(20)17(21)18(15)22/h9-10,13H,2-8,11-12H2,1H3,(H,23,27)(H,24,26). The van der Waals surface area contributed by atoms with Crippen molar-refractivity contribution in [3.8, 4) is 0 Å². The van der Waals surface area contributed by atoms with E-state index in [1.165, 1.54) is 4.90 Å². The fourth-order valence-corrected chi connectivity index (χ4v) is 3.20. The molecule has 27 heavy (non-hydrogen) atoms. The summed E-state index contributed by atoms with van der Waals surface area (Å²) in [4.78, 5) is 26.0. The van der Waals surface area contributed by atoms with Gasteiger partial charge in [-0.3, -0.25) is 4.79 Å². The van der Waals surface area contributed by atoms with Crippen molar-refractivity contribution in [1.82, 2.24) is 10.2 Å². The monoisotopic (exact) mass is 385 g/mol. The molecular weight excluding hydrogens is 359 g/mol. The minimum Gasteiger partial charge on any atom is -0.335 e. The maximum atomic E-state index is 13.7. The third-order valence-electron chi connectivity index (χ3n) is 4.61. The third-order valence-corrected chi connectivity index (χ3v) is 4.61. The fourth-order valence-electron chi connectivity index (χ4n) is 3.20. The van der Waals surface area contributed by atoms with E-state index in [0.29, 0.717) is 13.0 Å². The highest BCUT2D eigenvalue weighted by molar-refractivity contribution is 5.94. The van der Waals surface area contributed by atoms with Crippen LogP contribution >= 0.6 is 0 Å². The number of carbonyl (C=O) groups is 2. The van der Waals surface area contributed by atoms with Gasteiger partial charge in [0.1, 0.15) is 6.54 Å². The Morgan fingerprint density at radius 1 is 1.07 bits per heavy atom. The number of anilines is 1. The second-order valence-electron chi connectivity index (χ2n) is 6.83. The van der Waals surface area contributed by atoms with Gasteiger partial charge in [0.15, 0.2) is 17.5 Å². The summed E-state index contributed by atoms with van der Waals surface area (Å²) < 4.78 is 39.9. The van der Waals surface area contributed by atoms with Crippen LogP contribution in [0.2, 0.25) is 0 Å². The SMILES string of the molecule is CCCN(CC(=O)Nc1ccc(F)c(F)c1F)C(=O)NC1CCCCCC1. The Kier molecular flexibility index (Phi) is 7.94. The number of nitrogens with one attached hydrogen (secondary N) is 2. The van der Waals surface area contributed by atoms with E-state index in [0.717, 1.165) is 50.7 Å². The van der Waals surface area contributed by atoms with Gasteiger partial charge in [0.05, 0.1) is 5.69 Å². The molecule has 1 aliphatic rings. The Balaban J connectivity index is 1.96. The number of amides is 3. The van der Waals surface area contributed by atoms with E-state index in [-0.39, 0.29) is 18.6 Å². The molecule has 8 heteroatoms. The maximum Gasteiger partial charge on any atom is 0.318 e. The quantitative estimate of drug-likeness (QED) is 0.570. The highest BCUT2D eigenvalue weighted by Crippen LogP contribution is 2.20. The Labute approximate surface area is 157 Å². The summed E-state index contributed by atoms with van der Waals surface area (Å²) in [7, 11) is 0. The summed E-state index contributed by atoms with van der Waals surface area (Å²) in [5.41, 5.74) is -0.459. The summed E-state index contributed by atoms with van der Waals surface area (Å²) in [6.07, 6.45) is 6.92. The highest BCUT2D eigenvalue weighted by Gasteiger charge is 2.22. The fraction of sp³-hybridized carbons (Fsp3) is 0.579. The number of hydrogen-bond acceptors (Lipinski definition) is 2. The molecule has 1 aromatic rings. The first kappa shape index (κ1) is 21.1. The molecule has 2 rings (SSSR count). The molecule has 5 nitrogen and oxygen atoms in total. The van der Waals surface area contributed by atoms with Gasteiger partial charge in [-0.2, -0.15) is 0 Å². The van der Waals surface area contributed by atoms with Gasteiger partial charge in [-0.1, -0.05) is 32.6 Å². The zero-order valence-corrected chi connectivity index (χ0v) is 15.5. The molecule has 1 aliphatic carbocycles. The largest absolute Gasteiger partial charge is 0.335 e. The van der Waals surface area contributed by atoms with E-state index in [4.69, 9.17) is 0 Å². The van der Waals surface area contributed by atoms with E-state index in [9.17, 15) is 22.8 Å². The van der Waals surface area contributed by atoms with Crippen LogP contribution in [-0.2, 0) is 4.79 Å². The maximum absolute atomic E-state index is 13.7. The molecular formula is C19H26F3N3O2. The minimum absolute atomic E-state index is 0.0889. The van der Waals surface area contributed by atoms with Gasteiger partial charge in [-0.15, -0.1) is 0 Å². The summed E-state index contributed by atoms with van der Waals surface area (Å²) in [5, 5.41) is 5.16. The lowest BCUT2D eigenvalue weighted by Crippen LogP contribution is -2.47. The van der Waals surface area contributed by atoms with E-state index >= 15 is 0 Å². The van der Waals surface area contributed by atoms with Crippen molar-refractivity contribution >= 4 is 17.6 Å². The predicted molar refractivity (Wildman–Crippen MR) is 96.8 cm³/mol. The van der Waals surface area contributed by atoms with Crippen LogP contribution in [0, 0.1) is 17.5 Å². The van der Waals surface area contributed by atoms with Crippen LogP contribution in [0.4, 0.5) is 23.7 Å². The minimum atomic E-state index is -1.65. The van der Waals surface area contributed by atoms with Gasteiger partial charge in [0, 0.05) is 12.6 Å². The van der Waals surface area contributed by atoms with Crippen molar-refractivity contribution in [2.24, 2.45) is 0 Å². The van der Waals surface area contributed by atoms with Crippen LogP contribution in [-0.4, -0.2) is 36.0 Å². The second-order valence-corrected chi connectivity index (χ2v) is 6.83. The van der Waals surface area contributed by atoms with Crippen LogP contribution in [0.25, 0.3) is 0 Å². The second kappa shape index (κ2) is 10.2. The number of urea groups is 1. The Bertz CT molecular complexity index is 662. The van der Waals surface area contributed by atoms with Crippen LogP contribution in [0.5, 0.6) is 0 Å². The number of halogens is 3. The molecule has 0 aromatic heterocycles. The van der Waals surface area contributed by atoms with Crippen molar-refractivity contribution in [3.63, 3.8) is 0 Å². The van der Waals surface area contributed by atoms with Gasteiger partial charge in [-0.25, -0.2) is 18.0 Å². The molecule has 2 N–H and O–H groups in total. The van der Waals surface area contributed by atoms with E-state index in [1.54, 1.807) is 0 Å². The first-order chi connectivity index (χ1) is 12.9. The topological polar surface area (TPSA) is 61.4 Å². The average Bonchev–Trinajstić information content (AvgIpc) is 2.90. The van der Waals surface area contributed by atoms with E-state index < -0.39 is 29.0 Å². The number of carbonyl (C=O) groups excluding carboxylic acids is 2. The number of hydrogen-bond donors (Lipinski definition) is 2. The number of nitrogens with zero attached hydrogens (tertiary/aromatic N) is 1. The van der Waals surface area contributed by atoms with Gasteiger partial charge >= 0.3 is 6.03 Å². The molecule has 1 aromatic carbocycles. The van der Waals surface area contributed by atoms with Crippen LogP contribution in [0.3, 0.4) is 0 Å². The summed E-state index contributed by atoms with van der Waals surface area (Å²) in [6, 6.07) is 1.42. The first-order valence-corrected chi connectivity index (χ1v) is 9.41. The van der Waals surface area contributed by atoms with Gasteiger partial charge in [0.2, 0.25) is 5.91 Å². The Morgan fingerprint density at radius 2 is 1.74 bits per heavy atom. The lowest BCUT2D eigenvalue weighted by molar-refractivity contribution is -0.116. The Morgan fingerprint density at radius 3 is 2.37 bits per heavy atom. The first-order valence-electron chi connectivity index (χ1n) is 9.41. The molecule has 0 unspecified atom stereocenters. The summed E-state index contributed by atoms with van der Waals surface area (Å²) in [5.74, 6) is -5.12. The molecule has 1 fully saturated rings. The van der Waals surface area contributed by atoms with E-state index in [2.05, 4.69) is 10.6 Å². The smallest absolute Gasteiger partial charge is 0.318 e. The summed E-state index contributed by atoms with van der Waals surface area (Å²) >= 11 is 0. The molecule has 0 heterocycles. The molecule has 3 amide bonds. The lowest BCUT2D eigenvalue weighted by Gasteiger charge is -2.25. The normalized spacial score (nSPS) is 15.1. The molecule has 150 valence electrons. The molecule has 0 aliphatic heterocycles. The number of rotatable bonds is 6. The van der Waals surface area contributed by atoms with Crippen molar-refractivity contribution in [3.05, 3.63) is 29.6 Å². The zero-order chi connectivity index (χ0) is 19.8. The van der Waals surface area contributed by atoms with Crippen molar-refractivity contribution in [2.45, 2.75) is 57.9 Å². The van der Waals surface area contributed by atoms with Crippen molar-refractivity contribution < 1.29 is 22.8 Å². The van der Waals surface area contributed by atoms with Gasteiger partial charge < -0.3 is 15.5 Å². The van der Waals surface area contributed by atoms with Gasteiger partial charge in [0.25, 0.3) is 0 Å². The average molecular weight is 385 g/mol.